The molecule has 0 radical (unpaired) electrons. The average Bonchev–Trinajstić information content (AvgIpc) is 2.00. The highest BCUT2D eigenvalue weighted by Gasteiger charge is 2.26. The Morgan fingerprint density at radius 3 is 2.40 bits per heavy atom. The Hall–Kier alpha value is -0.340. The van der Waals surface area contributed by atoms with Crippen LogP contribution in [0, 0.1) is 5.82 Å². The van der Waals surface area contributed by atoms with Crippen LogP contribution in [0.4, 0.5) is 13.2 Å². The minimum absolute atomic E-state index is 0.459. The summed E-state index contributed by atoms with van der Waals surface area (Å²) >= 11 is 2.58. The third-order valence-electron chi connectivity index (χ3n) is 1.45. The Kier molecular flexibility index (Phi) is 3.62. The van der Waals surface area contributed by atoms with Crippen LogP contribution < -0.4 is 0 Å². The molecule has 1 heterocycles. The zero-order chi connectivity index (χ0) is 11.8. The highest BCUT2D eigenvalue weighted by Crippen LogP contribution is 2.32. The van der Waals surface area contributed by atoms with Crippen molar-refractivity contribution in [2.45, 2.75) is 11.3 Å². The number of pyridine rings is 1. The van der Waals surface area contributed by atoms with E-state index in [0.717, 1.165) is 0 Å². The van der Waals surface area contributed by atoms with Gasteiger partial charge in [-0.1, -0.05) is 0 Å². The van der Waals surface area contributed by atoms with E-state index in [1.165, 1.54) is 0 Å². The van der Waals surface area contributed by atoms with E-state index >= 15 is 0 Å². The molecule has 0 aromatic carbocycles. The van der Waals surface area contributed by atoms with Crippen molar-refractivity contribution in [3.8, 4) is 0 Å². The van der Waals surface area contributed by atoms with Crippen LogP contribution in [-0.4, -0.2) is 13.4 Å². The fraction of sp³-hybridized carbons (Fsp3) is 0.167. The molecule has 0 amide bonds. The lowest BCUT2D eigenvalue weighted by molar-refractivity contribution is 0.144. The molecule has 0 aliphatic carbocycles. The van der Waals surface area contributed by atoms with Crippen LogP contribution in [0.1, 0.15) is 12.0 Å². The molecule has 0 saturated carbocycles. The Morgan fingerprint density at radius 2 is 2.00 bits per heavy atom. The first-order chi connectivity index (χ1) is 6.75. The third kappa shape index (κ3) is 2.61. The second-order valence-corrected chi connectivity index (χ2v) is 5.66. The van der Waals surface area contributed by atoms with Gasteiger partial charge in [-0.2, -0.15) is 0 Å². The van der Waals surface area contributed by atoms with Crippen LogP contribution in [0.2, 0.25) is 0 Å². The monoisotopic (exact) mass is 323 g/mol. The van der Waals surface area contributed by atoms with Gasteiger partial charge in [0.25, 0.3) is 15.5 Å². The van der Waals surface area contributed by atoms with Crippen LogP contribution in [0.3, 0.4) is 0 Å². The van der Waals surface area contributed by atoms with E-state index < -0.39 is 36.4 Å². The van der Waals surface area contributed by atoms with E-state index in [-0.39, 0.29) is 0 Å². The summed E-state index contributed by atoms with van der Waals surface area (Å²) in [5.74, 6) is -1.60. The first-order valence-corrected chi connectivity index (χ1v) is 6.42. The summed E-state index contributed by atoms with van der Waals surface area (Å²) in [6.07, 6.45) is -2.63. The molecule has 1 aromatic heterocycles. The molecule has 0 saturated heterocycles. The maximum atomic E-state index is 13.3. The largest absolute Gasteiger partial charge is 0.269 e. The predicted molar refractivity (Wildman–Crippen MR) is 49.9 cm³/mol. The van der Waals surface area contributed by atoms with Gasteiger partial charge in [-0.15, -0.1) is 0 Å². The maximum absolute atomic E-state index is 13.3. The first kappa shape index (κ1) is 12.7. The highest BCUT2D eigenvalue weighted by molar-refractivity contribution is 9.10. The van der Waals surface area contributed by atoms with E-state index in [1.807, 2.05) is 0 Å². The van der Waals surface area contributed by atoms with E-state index in [2.05, 4.69) is 20.9 Å². The molecule has 84 valence electrons. The predicted octanol–water partition coefficient (Wildman–Crippen LogP) is 2.85. The standard InChI is InChI=1S/C6H2BrClF3NO2S/c7-5-3(6(10)11)4(9)2(1-12-5)15(8,13)14/h1,6H. The number of rotatable bonds is 2. The summed E-state index contributed by atoms with van der Waals surface area (Å²) in [7, 11) is 0.399. The number of hydrogen-bond acceptors (Lipinski definition) is 3. The van der Waals surface area contributed by atoms with Crippen LogP contribution in [0.25, 0.3) is 0 Å². The minimum atomic E-state index is -4.43. The van der Waals surface area contributed by atoms with Gasteiger partial charge in [-0.25, -0.2) is 26.6 Å². The second kappa shape index (κ2) is 4.26. The van der Waals surface area contributed by atoms with E-state index in [4.69, 9.17) is 10.7 Å². The zero-order valence-electron chi connectivity index (χ0n) is 6.72. The van der Waals surface area contributed by atoms with Crippen molar-refractivity contribution in [1.82, 2.24) is 4.98 Å². The van der Waals surface area contributed by atoms with Gasteiger partial charge in [0.2, 0.25) is 0 Å². The summed E-state index contributed by atoms with van der Waals surface area (Å²) in [5, 5.41) is 0. The molecule has 15 heavy (non-hydrogen) atoms. The maximum Gasteiger partial charge on any atom is 0.269 e. The molecule has 0 aliphatic heterocycles. The van der Waals surface area contributed by atoms with Crippen molar-refractivity contribution in [3.63, 3.8) is 0 Å². The quantitative estimate of drug-likeness (QED) is 0.621. The van der Waals surface area contributed by atoms with Crippen molar-refractivity contribution >= 4 is 35.7 Å². The topological polar surface area (TPSA) is 47.0 Å². The number of halogens is 5. The van der Waals surface area contributed by atoms with E-state index in [1.54, 1.807) is 0 Å². The summed E-state index contributed by atoms with van der Waals surface area (Å²) in [5.41, 5.74) is -1.13. The molecule has 0 fully saturated rings. The minimum Gasteiger partial charge on any atom is -0.247 e. The molecular weight excluding hydrogens is 322 g/mol. The average molecular weight is 325 g/mol. The van der Waals surface area contributed by atoms with Gasteiger partial charge in [0.15, 0.2) is 5.82 Å². The molecule has 9 heteroatoms. The first-order valence-electron chi connectivity index (χ1n) is 3.32. The second-order valence-electron chi connectivity index (χ2n) is 2.38. The SMILES string of the molecule is O=S(=O)(Cl)c1cnc(Br)c(C(F)F)c1F. The summed E-state index contributed by atoms with van der Waals surface area (Å²) < 4.78 is 59.0. The lowest BCUT2D eigenvalue weighted by Gasteiger charge is -2.06. The molecule has 1 aromatic rings. The van der Waals surface area contributed by atoms with Crippen molar-refractivity contribution < 1.29 is 21.6 Å². The summed E-state index contributed by atoms with van der Waals surface area (Å²) in [6, 6.07) is 0. The van der Waals surface area contributed by atoms with Crippen molar-refractivity contribution in [2.24, 2.45) is 0 Å². The Morgan fingerprint density at radius 1 is 1.47 bits per heavy atom. The number of alkyl halides is 2. The Bertz CT molecular complexity index is 493. The van der Waals surface area contributed by atoms with E-state index in [9.17, 15) is 21.6 Å². The zero-order valence-corrected chi connectivity index (χ0v) is 9.87. The van der Waals surface area contributed by atoms with Crippen molar-refractivity contribution in [3.05, 3.63) is 22.2 Å². The van der Waals surface area contributed by atoms with Crippen LogP contribution in [0.5, 0.6) is 0 Å². The van der Waals surface area contributed by atoms with Crippen LogP contribution in [-0.2, 0) is 9.05 Å². The van der Waals surface area contributed by atoms with Gasteiger partial charge in [-0.05, 0) is 15.9 Å². The normalized spacial score (nSPS) is 12.1. The van der Waals surface area contributed by atoms with Gasteiger partial charge in [0, 0.05) is 10.7 Å². The number of aromatic nitrogens is 1. The Balaban J connectivity index is 3.56. The Labute approximate surface area is 95.8 Å². The lowest BCUT2D eigenvalue weighted by atomic mass is 10.3. The summed E-state index contributed by atoms with van der Waals surface area (Å²) in [4.78, 5) is 2.19. The fourth-order valence-corrected chi connectivity index (χ4v) is 2.10. The number of nitrogens with zero attached hydrogens (tertiary/aromatic N) is 1. The van der Waals surface area contributed by atoms with Gasteiger partial charge in [0.05, 0.1) is 11.8 Å². The molecule has 0 unspecified atom stereocenters. The molecular formula is C6H2BrClF3NO2S. The van der Waals surface area contributed by atoms with Crippen LogP contribution in [0.15, 0.2) is 15.7 Å². The fourth-order valence-electron chi connectivity index (χ4n) is 0.821. The molecule has 1 rings (SSSR count). The van der Waals surface area contributed by atoms with Gasteiger partial charge in [0.1, 0.15) is 9.50 Å². The molecule has 0 atom stereocenters. The molecule has 3 nitrogen and oxygen atoms in total. The van der Waals surface area contributed by atoms with Crippen molar-refractivity contribution in [2.75, 3.05) is 0 Å². The smallest absolute Gasteiger partial charge is 0.247 e. The van der Waals surface area contributed by atoms with Gasteiger partial charge < -0.3 is 0 Å². The molecule has 0 N–H and O–H groups in total. The van der Waals surface area contributed by atoms with E-state index in [0.29, 0.717) is 6.20 Å². The molecule has 0 aliphatic rings. The van der Waals surface area contributed by atoms with Gasteiger partial charge >= 0.3 is 0 Å². The number of hydrogen-bond donors (Lipinski definition) is 0. The van der Waals surface area contributed by atoms with Crippen LogP contribution >= 0.6 is 26.6 Å². The molecule has 0 bridgehead atoms. The lowest BCUT2D eigenvalue weighted by Crippen LogP contribution is -2.03. The van der Waals surface area contributed by atoms with Gasteiger partial charge in [-0.3, -0.25) is 0 Å². The van der Waals surface area contributed by atoms with Crippen molar-refractivity contribution in [1.29, 1.82) is 0 Å². The highest BCUT2D eigenvalue weighted by atomic mass is 79.9. The molecule has 0 spiro atoms. The third-order valence-corrected chi connectivity index (χ3v) is 3.39. The summed E-state index contributed by atoms with van der Waals surface area (Å²) in [6.45, 7) is 0.